The fraction of sp³-hybridized carbons (Fsp3) is 0.938. The van der Waals surface area contributed by atoms with Crippen LogP contribution in [0.3, 0.4) is 0 Å². The summed E-state index contributed by atoms with van der Waals surface area (Å²) < 4.78 is 15.7. The van der Waals surface area contributed by atoms with Crippen LogP contribution in [-0.4, -0.2) is 42.8 Å². The van der Waals surface area contributed by atoms with Crippen LogP contribution in [-0.2, 0) is 19.0 Å². The Hall–Kier alpha value is -0.650. The highest BCUT2D eigenvalue weighted by molar-refractivity contribution is 5.70. The standard InChI is InChI=1S/C16H32O5/c1-6-7-8-9-14(20-12-19-5)10-13(17)11-15(18)21-16(2,3)4/h13-14,17H,6-12H2,1-5H3/t13?,14-/m1/s1. The molecule has 126 valence electrons. The van der Waals surface area contributed by atoms with Crippen molar-refractivity contribution in [1.29, 1.82) is 0 Å². The normalized spacial score (nSPS) is 14.8. The number of rotatable bonds is 11. The quantitative estimate of drug-likeness (QED) is 0.361. The van der Waals surface area contributed by atoms with Gasteiger partial charge in [0.15, 0.2) is 0 Å². The number of esters is 1. The number of aliphatic hydroxyl groups is 1. The van der Waals surface area contributed by atoms with Gasteiger partial charge in [-0.25, -0.2) is 0 Å². The van der Waals surface area contributed by atoms with Gasteiger partial charge >= 0.3 is 5.97 Å². The van der Waals surface area contributed by atoms with Crippen molar-refractivity contribution in [2.45, 2.75) is 84.0 Å². The Morgan fingerprint density at radius 1 is 1.24 bits per heavy atom. The Balaban J connectivity index is 4.17. The molecule has 0 heterocycles. The maximum absolute atomic E-state index is 11.7. The number of carbonyl (C=O) groups is 1. The summed E-state index contributed by atoms with van der Waals surface area (Å²) in [5.74, 6) is -0.381. The molecule has 0 amide bonds. The van der Waals surface area contributed by atoms with Gasteiger partial charge in [0.1, 0.15) is 12.4 Å². The summed E-state index contributed by atoms with van der Waals surface area (Å²) in [4.78, 5) is 11.7. The highest BCUT2D eigenvalue weighted by atomic mass is 16.7. The van der Waals surface area contributed by atoms with Crippen LogP contribution in [0.1, 0.15) is 66.2 Å². The smallest absolute Gasteiger partial charge is 0.308 e. The van der Waals surface area contributed by atoms with Crippen molar-refractivity contribution >= 4 is 5.97 Å². The molecule has 0 radical (unpaired) electrons. The van der Waals surface area contributed by atoms with Crippen molar-refractivity contribution in [1.82, 2.24) is 0 Å². The van der Waals surface area contributed by atoms with E-state index in [4.69, 9.17) is 14.2 Å². The Labute approximate surface area is 129 Å². The van der Waals surface area contributed by atoms with Crippen LogP contribution < -0.4 is 0 Å². The number of ether oxygens (including phenoxy) is 3. The van der Waals surface area contributed by atoms with Crippen molar-refractivity contribution in [2.75, 3.05) is 13.9 Å². The predicted octanol–water partition coefficient (Wildman–Crippen LogP) is 3.04. The SMILES string of the molecule is CCCCC[C@H](CC(O)CC(=O)OC(C)(C)C)OCOC. The highest BCUT2D eigenvalue weighted by Crippen LogP contribution is 2.16. The highest BCUT2D eigenvalue weighted by Gasteiger charge is 2.22. The number of carbonyl (C=O) groups excluding carboxylic acids is 1. The molecule has 21 heavy (non-hydrogen) atoms. The van der Waals surface area contributed by atoms with Gasteiger partial charge in [0.2, 0.25) is 0 Å². The number of aliphatic hydroxyl groups excluding tert-OH is 1. The van der Waals surface area contributed by atoms with Crippen LogP contribution in [0.2, 0.25) is 0 Å². The molecule has 2 atom stereocenters. The van der Waals surface area contributed by atoms with E-state index in [1.165, 1.54) is 0 Å². The van der Waals surface area contributed by atoms with Gasteiger partial charge in [-0.1, -0.05) is 26.2 Å². The molecule has 0 rings (SSSR count). The molecule has 0 saturated carbocycles. The lowest BCUT2D eigenvalue weighted by Crippen LogP contribution is -2.29. The number of hydrogen-bond acceptors (Lipinski definition) is 5. The molecule has 0 saturated heterocycles. The first-order valence-corrected chi connectivity index (χ1v) is 7.79. The fourth-order valence-electron chi connectivity index (χ4n) is 2.02. The fourth-order valence-corrected chi connectivity index (χ4v) is 2.02. The minimum absolute atomic E-state index is 0.00209. The molecular formula is C16H32O5. The average Bonchev–Trinajstić information content (AvgIpc) is 2.33. The van der Waals surface area contributed by atoms with Crippen molar-refractivity contribution in [3.63, 3.8) is 0 Å². The molecule has 0 spiro atoms. The van der Waals surface area contributed by atoms with Crippen LogP contribution in [0, 0.1) is 0 Å². The van der Waals surface area contributed by atoms with E-state index in [1.54, 1.807) is 7.11 Å². The van der Waals surface area contributed by atoms with Gasteiger partial charge in [-0.15, -0.1) is 0 Å². The Kier molecular flexibility index (Phi) is 10.6. The van der Waals surface area contributed by atoms with Crippen molar-refractivity contribution < 1.29 is 24.1 Å². The van der Waals surface area contributed by atoms with Crippen LogP contribution in [0.4, 0.5) is 0 Å². The first-order chi connectivity index (χ1) is 9.78. The predicted molar refractivity (Wildman–Crippen MR) is 82.0 cm³/mol. The largest absolute Gasteiger partial charge is 0.460 e. The third-order valence-corrected chi connectivity index (χ3v) is 2.91. The molecule has 5 heteroatoms. The summed E-state index contributed by atoms with van der Waals surface area (Å²) >= 11 is 0. The van der Waals surface area contributed by atoms with Gasteiger partial charge in [-0.3, -0.25) is 4.79 Å². The van der Waals surface area contributed by atoms with Crippen molar-refractivity contribution in [3.8, 4) is 0 Å². The van der Waals surface area contributed by atoms with Gasteiger partial charge < -0.3 is 19.3 Å². The van der Waals surface area contributed by atoms with E-state index in [-0.39, 0.29) is 25.3 Å². The molecule has 0 aliphatic heterocycles. The molecule has 0 fully saturated rings. The molecule has 1 N–H and O–H groups in total. The molecule has 0 aromatic heterocycles. The van der Waals surface area contributed by atoms with E-state index < -0.39 is 11.7 Å². The van der Waals surface area contributed by atoms with Crippen molar-refractivity contribution in [2.24, 2.45) is 0 Å². The molecular weight excluding hydrogens is 272 g/mol. The summed E-state index contributed by atoms with van der Waals surface area (Å²) in [6.07, 6.45) is 3.76. The number of hydrogen-bond donors (Lipinski definition) is 1. The molecule has 0 aliphatic rings. The zero-order valence-electron chi connectivity index (χ0n) is 14.2. The van der Waals surface area contributed by atoms with Crippen LogP contribution >= 0.6 is 0 Å². The third kappa shape index (κ3) is 12.8. The van der Waals surface area contributed by atoms with E-state index in [0.29, 0.717) is 6.42 Å². The molecule has 1 unspecified atom stereocenters. The molecule has 0 bridgehead atoms. The van der Waals surface area contributed by atoms with E-state index in [0.717, 1.165) is 25.7 Å². The van der Waals surface area contributed by atoms with Crippen LogP contribution in [0.15, 0.2) is 0 Å². The zero-order chi connectivity index (χ0) is 16.3. The van der Waals surface area contributed by atoms with E-state index in [1.807, 2.05) is 20.8 Å². The zero-order valence-corrected chi connectivity index (χ0v) is 14.2. The Morgan fingerprint density at radius 3 is 2.43 bits per heavy atom. The molecule has 0 aromatic rings. The maximum atomic E-state index is 11.7. The van der Waals surface area contributed by atoms with Gasteiger partial charge in [-0.2, -0.15) is 0 Å². The van der Waals surface area contributed by atoms with E-state index >= 15 is 0 Å². The van der Waals surface area contributed by atoms with Gasteiger partial charge in [0.25, 0.3) is 0 Å². The summed E-state index contributed by atoms with van der Waals surface area (Å²) in [5, 5.41) is 10.0. The minimum Gasteiger partial charge on any atom is -0.460 e. The molecule has 0 aromatic carbocycles. The van der Waals surface area contributed by atoms with E-state index in [9.17, 15) is 9.90 Å². The molecule has 0 aliphatic carbocycles. The first kappa shape index (κ1) is 20.3. The summed E-state index contributed by atoms with van der Waals surface area (Å²) in [7, 11) is 1.57. The first-order valence-electron chi connectivity index (χ1n) is 7.79. The summed E-state index contributed by atoms with van der Waals surface area (Å²) in [6, 6.07) is 0. The second-order valence-electron chi connectivity index (χ2n) is 6.37. The summed E-state index contributed by atoms with van der Waals surface area (Å²) in [6.45, 7) is 7.78. The van der Waals surface area contributed by atoms with Gasteiger partial charge in [0, 0.05) is 13.5 Å². The maximum Gasteiger partial charge on any atom is 0.308 e. The minimum atomic E-state index is -0.747. The topological polar surface area (TPSA) is 65.0 Å². The second kappa shape index (κ2) is 11.0. The number of unbranched alkanes of at least 4 members (excludes halogenated alkanes) is 2. The Bertz CT molecular complexity index is 272. The lowest BCUT2D eigenvalue weighted by molar-refractivity contribution is -0.157. The Morgan fingerprint density at radius 2 is 1.90 bits per heavy atom. The van der Waals surface area contributed by atoms with E-state index in [2.05, 4.69) is 6.92 Å². The second-order valence-corrected chi connectivity index (χ2v) is 6.37. The average molecular weight is 304 g/mol. The lowest BCUT2D eigenvalue weighted by Gasteiger charge is -2.23. The lowest BCUT2D eigenvalue weighted by atomic mass is 10.0. The number of methoxy groups -OCH3 is 1. The summed E-state index contributed by atoms with van der Waals surface area (Å²) in [5.41, 5.74) is -0.524. The monoisotopic (exact) mass is 304 g/mol. The molecule has 5 nitrogen and oxygen atoms in total. The third-order valence-electron chi connectivity index (χ3n) is 2.91. The van der Waals surface area contributed by atoms with Crippen LogP contribution in [0.5, 0.6) is 0 Å². The van der Waals surface area contributed by atoms with Crippen molar-refractivity contribution in [3.05, 3.63) is 0 Å². The van der Waals surface area contributed by atoms with Gasteiger partial charge in [0.05, 0.1) is 18.6 Å². The van der Waals surface area contributed by atoms with Gasteiger partial charge in [-0.05, 0) is 27.2 Å². The van der Waals surface area contributed by atoms with Crippen LogP contribution in [0.25, 0.3) is 0 Å².